The summed E-state index contributed by atoms with van der Waals surface area (Å²) in [5.74, 6) is -4.35. The average molecular weight is 2020 g/mol. The third-order valence-corrected chi connectivity index (χ3v) is 17.6. The van der Waals surface area contributed by atoms with E-state index in [0.29, 0.717) is 84.4 Å². The van der Waals surface area contributed by atoms with Crippen molar-refractivity contribution < 1.29 is 117 Å². The molecule has 4 amide bonds. The monoisotopic (exact) mass is 2010 g/mol. The molecule has 0 unspecified atom stereocenters. The summed E-state index contributed by atoms with van der Waals surface area (Å²) in [7, 11) is 4.99. The molecular formula is C86H136B4Cl5N15O26. The van der Waals surface area contributed by atoms with Gasteiger partial charge in [0.25, 0.3) is 11.4 Å². The van der Waals surface area contributed by atoms with Crippen molar-refractivity contribution in [1.82, 2.24) is 20.9 Å². The van der Waals surface area contributed by atoms with Gasteiger partial charge in [0.15, 0.2) is 0 Å². The minimum absolute atomic E-state index is 0.108. The number of anilines is 8. The normalized spacial score (nSPS) is 11.7. The molecule has 0 aliphatic carbocycles. The van der Waals surface area contributed by atoms with E-state index in [1.165, 1.54) is 90.3 Å². The van der Waals surface area contributed by atoms with E-state index in [9.17, 15) is 83.2 Å². The van der Waals surface area contributed by atoms with E-state index in [4.69, 9.17) is 114 Å². The number of aliphatic carboxylic acids is 2. The number of nitro groups is 2. The Bertz CT molecular complexity index is 4490. The number of amides is 4. The molecule has 0 heterocycles. The van der Waals surface area contributed by atoms with Gasteiger partial charge < -0.3 is 126 Å². The van der Waals surface area contributed by atoms with E-state index in [-0.39, 0.29) is 54.8 Å². The van der Waals surface area contributed by atoms with Gasteiger partial charge in [0.1, 0.15) is 34.7 Å². The van der Waals surface area contributed by atoms with Crippen LogP contribution in [0.1, 0.15) is 115 Å². The Hall–Kier alpha value is -10.2. The molecule has 0 spiro atoms. The lowest BCUT2D eigenvalue weighted by molar-refractivity contribution is -0.385. The number of hydrogen-bond donors (Lipinski definition) is 14. The second-order valence-corrected chi connectivity index (χ2v) is 35.2. The largest absolute Gasteiger partial charge is 0.481 e. The first kappa shape index (κ1) is 130. The number of aliphatic hydroxyl groups excluding tert-OH is 1. The highest BCUT2D eigenvalue weighted by atomic mass is 35.5. The minimum atomic E-state index is -1.20. The maximum absolute atomic E-state index is 13.1. The van der Waals surface area contributed by atoms with Gasteiger partial charge in [-0.15, -0.1) is 58.0 Å². The number of carboxylic acid groups (broad SMARTS) is 2. The molecule has 16 N–H and O–H groups in total. The number of non-ortho nitro benzene ring substituents is 2. The molecule has 5 rings (SSSR count). The lowest BCUT2D eigenvalue weighted by Gasteiger charge is -2.28. The van der Waals surface area contributed by atoms with E-state index in [1.807, 2.05) is 46.2 Å². The number of benzene rings is 5. The predicted molar refractivity (Wildman–Crippen MR) is 538 cm³/mol. The Balaban J connectivity index is -0.00000157. The minimum Gasteiger partial charge on any atom is -0.481 e. The van der Waals surface area contributed by atoms with Crippen LogP contribution in [0.5, 0.6) is 0 Å². The zero-order valence-corrected chi connectivity index (χ0v) is 85.0. The van der Waals surface area contributed by atoms with Crippen LogP contribution in [-0.2, 0) is 71.7 Å². The van der Waals surface area contributed by atoms with E-state index < -0.39 is 145 Å². The van der Waals surface area contributed by atoms with E-state index in [0.717, 1.165) is 24.2 Å². The number of aldehydes is 1. The number of esters is 4. The van der Waals surface area contributed by atoms with Crippen LogP contribution in [0.2, 0.25) is 27.3 Å². The van der Waals surface area contributed by atoms with Crippen LogP contribution in [0, 0.1) is 20.2 Å². The van der Waals surface area contributed by atoms with Crippen molar-refractivity contribution in [2.75, 3.05) is 138 Å². The molecule has 5 atom stereocenters. The number of carbonyl (C=O) groups is 11. The van der Waals surface area contributed by atoms with Gasteiger partial charge in [-0.05, 0) is 177 Å². The molecule has 758 valence electrons. The fourth-order valence-corrected chi connectivity index (χ4v) is 12.1. The topological polar surface area (TPSA) is 584 Å². The molecular weight excluding hydrogens is 1880 g/mol. The number of nitro benzene ring substituents is 2. The van der Waals surface area contributed by atoms with Gasteiger partial charge in [-0.2, -0.15) is 0 Å². The smallest absolute Gasteiger partial charge is 0.374 e. The summed E-state index contributed by atoms with van der Waals surface area (Å²) in [6.07, 6.45) is -0.768. The van der Waals surface area contributed by atoms with Crippen molar-refractivity contribution in [1.29, 1.82) is 0 Å². The van der Waals surface area contributed by atoms with Crippen molar-refractivity contribution in [3.63, 3.8) is 0 Å². The molecule has 0 bridgehead atoms. The molecule has 41 nitrogen and oxygen atoms in total. The molecule has 0 fully saturated rings. The van der Waals surface area contributed by atoms with Gasteiger partial charge >= 0.3 is 64.0 Å². The lowest BCUT2D eigenvalue weighted by Crippen LogP contribution is -2.51. The van der Waals surface area contributed by atoms with Gasteiger partial charge in [0.05, 0.1) is 77.7 Å². The summed E-state index contributed by atoms with van der Waals surface area (Å²) in [4.78, 5) is 158. The Labute approximate surface area is 822 Å². The van der Waals surface area contributed by atoms with Crippen LogP contribution in [0.4, 0.5) is 56.9 Å². The quantitative estimate of drug-likeness (QED) is 0.00255. The second kappa shape index (κ2) is 67.1. The van der Waals surface area contributed by atoms with Crippen LogP contribution < -0.4 is 67.1 Å². The maximum Gasteiger partial charge on any atom is 0.374 e. The number of aliphatic hydroxyl groups is 1. The van der Waals surface area contributed by atoms with Crippen molar-refractivity contribution >= 4 is 209 Å². The maximum atomic E-state index is 13.1. The average Bonchev–Trinajstić information content (AvgIpc) is 0.844. The molecule has 0 saturated heterocycles. The SMILES string of the molecule is CB(O)N[C@H](CC(=O)OC(C)(C)C)C(=O)N(C)c1cccc(N(CCCl)CCCl)c1.CB(O)N[C@H](CC(=O)OC(C)(C)C)C(=O)N(C)c1cccc(N)c1.CB(O)N[C@H](CC(=O)OC(C)(C)C)C(=O)N(C)c1cccc([N+](=O)[O-])c1.CB(O)N[C@H](CC(=O)OC(C)(C)C)C(=O)O.CN(C(=O)[C@H](N)CC(=O)O)c1cccc(N(CCCl)CCCl)c1.CNc1cccc([N+](=O)[O-])c1.CO.O=CCCl. The van der Waals surface area contributed by atoms with Gasteiger partial charge in [0, 0.05) is 156 Å². The Kier molecular flexibility index (Phi) is 64.1. The van der Waals surface area contributed by atoms with Crippen LogP contribution in [-0.4, -0.2) is 290 Å². The third kappa shape index (κ3) is 58.4. The number of nitrogens with two attached hydrogens (primary N) is 2. The number of alkyl halides is 5. The molecule has 5 aromatic rings. The lowest BCUT2D eigenvalue weighted by atomic mass is 9.86. The number of hydrogen-bond acceptors (Lipinski definition) is 33. The number of likely N-dealkylation sites (N-methyl/N-ethyl adjacent to an activating group) is 4. The van der Waals surface area contributed by atoms with E-state index in [1.54, 1.807) is 160 Å². The van der Waals surface area contributed by atoms with Crippen molar-refractivity contribution in [2.45, 2.75) is 195 Å². The zero-order chi connectivity index (χ0) is 105. The molecule has 0 aromatic heterocycles. The molecule has 5 aromatic carbocycles. The highest BCUT2D eigenvalue weighted by Gasteiger charge is 2.35. The van der Waals surface area contributed by atoms with Crippen molar-refractivity contribution in [2.24, 2.45) is 5.73 Å². The number of ether oxygens (including phenoxy) is 4. The molecule has 0 radical (unpaired) electrons. The van der Waals surface area contributed by atoms with Gasteiger partial charge in [-0.25, -0.2) is 0 Å². The first-order valence-electron chi connectivity index (χ1n) is 42.4. The first-order chi connectivity index (χ1) is 63.0. The second-order valence-electron chi connectivity index (χ2n) is 33.4. The van der Waals surface area contributed by atoms with Gasteiger partial charge in [0.2, 0.25) is 23.6 Å². The zero-order valence-electron chi connectivity index (χ0n) is 81.2. The van der Waals surface area contributed by atoms with Crippen LogP contribution >= 0.6 is 58.0 Å². The number of nitrogen functional groups attached to an aromatic ring is 1. The summed E-state index contributed by atoms with van der Waals surface area (Å²) in [5, 5.41) is 96.7. The summed E-state index contributed by atoms with van der Waals surface area (Å²) in [6.45, 7) is 29.0. The Morgan fingerprint density at radius 1 is 0.426 bits per heavy atom. The van der Waals surface area contributed by atoms with Gasteiger partial charge in [-0.1, -0.05) is 30.3 Å². The van der Waals surface area contributed by atoms with Crippen LogP contribution in [0.3, 0.4) is 0 Å². The number of carbonyl (C=O) groups excluding carboxylic acids is 9. The summed E-state index contributed by atoms with van der Waals surface area (Å²) in [6, 6.07) is 28.4. The van der Waals surface area contributed by atoms with Crippen molar-refractivity contribution in [3.05, 3.63) is 142 Å². The van der Waals surface area contributed by atoms with E-state index in [2.05, 4.69) is 26.2 Å². The van der Waals surface area contributed by atoms with Crippen LogP contribution in [0.15, 0.2) is 121 Å². The number of nitrogens with zero attached hydrogens (tertiary/aromatic N) is 8. The molecule has 50 heteroatoms. The van der Waals surface area contributed by atoms with Crippen LogP contribution in [0.25, 0.3) is 0 Å². The number of rotatable bonds is 41. The Morgan fingerprint density at radius 3 is 0.949 bits per heavy atom. The Morgan fingerprint density at radius 2 is 0.684 bits per heavy atom. The van der Waals surface area contributed by atoms with Gasteiger partial charge in [-0.3, -0.25) is 68.2 Å². The molecule has 136 heavy (non-hydrogen) atoms. The predicted octanol–water partition coefficient (Wildman–Crippen LogP) is 8.40. The fraction of sp³-hybridized carbons (Fsp3) is 0.523. The summed E-state index contributed by atoms with van der Waals surface area (Å²) in [5.41, 5.74) is 13.9. The number of halogens is 5. The summed E-state index contributed by atoms with van der Waals surface area (Å²) < 4.78 is 20.8. The molecule has 0 aliphatic heterocycles. The highest BCUT2D eigenvalue weighted by Crippen LogP contribution is 2.28. The first-order valence-corrected chi connectivity index (χ1v) is 45.1. The summed E-state index contributed by atoms with van der Waals surface area (Å²) >= 11 is 28.2. The molecule has 0 aliphatic rings. The highest BCUT2D eigenvalue weighted by molar-refractivity contribution is 6.47. The molecule has 0 saturated carbocycles. The number of nitrogens with one attached hydrogen (secondary N) is 5. The third-order valence-electron chi connectivity index (χ3n) is 16.8. The fourth-order valence-electron chi connectivity index (χ4n) is 11.2. The number of carboxylic acids is 2. The standard InChI is InChI=1S/C20H32BCl2N3O4.C16H24BN3O6.C16H26BN3O4.C15H21Cl2N3O3.C9H18BNO5.C7H8N2O2.C2H3ClO.CH4O/c1-20(2,3)30-18(27)14-17(24-21(4)29)19(28)25(5)15-7-6-8-16(13-15)26(11-9-22)12-10-23;1-16(2,3)26-14(21)10-13(18-17(4)23)15(22)19(5)11-7-6-8-12(9-11)20(24)25;1-16(2,3)24-14(21)10-13(19-17(4)23)15(22)20(5)12-8-6-7-11(18)9-12;1-19(15(23)13(18)10-14(21)22)11-3-2-4-12(9-11)20(7-5-16)8-6-17;1-9(2,3)16-7(12)5-6(8(13)14)11-10(4)15;1-8-6-3-2-4-7(5-6)9(10)11;3-1-2-4;1-2/h6-8,13,17,24,29H,9-12,14H2,1-5H3;6-9,13,18,23H,10H2,1-5H3;6-9,13,19,23H,10,18H2,1-5H3;2-4,9,13H,5-8,10,18H2,1H3,(H,21,22);6,11,15H,5H2,1-4H3,(H,13,14);2-5,8H,1H3;2H,1H2;2H,1H3/t17-;3*13-;6-;;;/m11111.../s1. The van der Waals surface area contributed by atoms with Crippen molar-refractivity contribution in [3.8, 4) is 0 Å². The van der Waals surface area contributed by atoms with E-state index >= 15 is 0 Å².